The first kappa shape index (κ1) is 9.90. The predicted molar refractivity (Wildman–Crippen MR) is 67.6 cm³/mol. The van der Waals surface area contributed by atoms with Crippen LogP contribution in [-0.2, 0) is 0 Å². The van der Waals surface area contributed by atoms with Crippen molar-refractivity contribution in [2.24, 2.45) is 0 Å². The molecule has 0 aliphatic rings. The fourth-order valence-corrected chi connectivity index (χ4v) is 1.99. The second kappa shape index (κ2) is 3.63. The van der Waals surface area contributed by atoms with Crippen LogP contribution in [0.25, 0.3) is 16.6 Å². The molecule has 2 nitrogen and oxygen atoms in total. The van der Waals surface area contributed by atoms with Crippen molar-refractivity contribution in [1.29, 1.82) is 0 Å². The third kappa shape index (κ3) is 1.65. The second-order valence-electron chi connectivity index (χ2n) is 3.98. The molecule has 17 heavy (non-hydrogen) atoms. The van der Waals surface area contributed by atoms with Gasteiger partial charge in [0.05, 0.1) is 5.52 Å². The zero-order valence-electron chi connectivity index (χ0n) is 9.10. The molecule has 3 rings (SSSR count). The molecular weight excluding hydrogens is 215 g/mol. The van der Waals surface area contributed by atoms with Crippen LogP contribution in [0.2, 0.25) is 0 Å². The van der Waals surface area contributed by atoms with Gasteiger partial charge in [-0.2, -0.15) is 0 Å². The SMILES string of the molecule is Nc1ccc2c(ccn2-c2ccc(F)cc2)c1. The molecule has 2 aromatic carbocycles. The summed E-state index contributed by atoms with van der Waals surface area (Å²) in [5.74, 6) is -0.227. The van der Waals surface area contributed by atoms with Crippen molar-refractivity contribution in [1.82, 2.24) is 4.57 Å². The molecule has 0 aliphatic heterocycles. The smallest absolute Gasteiger partial charge is 0.123 e. The maximum Gasteiger partial charge on any atom is 0.123 e. The van der Waals surface area contributed by atoms with Crippen molar-refractivity contribution < 1.29 is 4.39 Å². The van der Waals surface area contributed by atoms with Crippen molar-refractivity contribution >= 4 is 16.6 Å². The number of nitrogens with two attached hydrogens (primary N) is 1. The Labute approximate surface area is 98.1 Å². The van der Waals surface area contributed by atoms with E-state index in [2.05, 4.69) is 0 Å². The van der Waals surface area contributed by atoms with Gasteiger partial charge in [0.1, 0.15) is 5.82 Å². The number of aromatic nitrogens is 1. The fraction of sp³-hybridized carbons (Fsp3) is 0. The maximum absolute atomic E-state index is 12.9. The van der Waals surface area contributed by atoms with Crippen molar-refractivity contribution in [2.45, 2.75) is 0 Å². The van der Waals surface area contributed by atoms with Crippen molar-refractivity contribution in [3.8, 4) is 5.69 Å². The highest BCUT2D eigenvalue weighted by Crippen LogP contribution is 2.22. The Kier molecular flexibility index (Phi) is 2.11. The third-order valence-corrected chi connectivity index (χ3v) is 2.82. The number of hydrogen-bond donors (Lipinski definition) is 1. The van der Waals surface area contributed by atoms with Crippen LogP contribution in [0, 0.1) is 5.82 Å². The topological polar surface area (TPSA) is 30.9 Å². The van der Waals surface area contributed by atoms with E-state index in [1.165, 1.54) is 12.1 Å². The van der Waals surface area contributed by atoms with Gasteiger partial charge in [-0.05, 0) is 48.5 Å². The molecule has 84 valence electrons. The van der Waals surface area contributed by atoms with Crippen molar-refractivity contribution in [2.75, 3.05) is 5.73 Å². The average molecular weight is 226 g/mol. The quantitative estimate of drug-likeness (QED) is 0.634. The monoisotopic (exact) mass is 226 g/mol. The first-order chi connectivity index (χ1) is 8.24. The molecule has 0 atom stereocenters. The van der Waals surface area contributed by atoms with E-state index in [0.29, 0.717) is 0 Å². The first-order valence-electron chi connectivity index (χ1n) is 5.36. The molecule has 0 aliphatic carbocycles. The van der Waals surface area contributed by atoms with Gasteiger partial charge in [0, 0.05) is 23.0 Å². The lowest BCUT2D eigenvalue weighted by Crippen LogP contribution is -1.92. The number of rotatable bonds is 1. The van der Waals surface area contributed by atoms with Gasteiger partial charge >= 0.3 is 0 Å². The van der Waals surface area contributed by atoms with Crippen LogP contribution >= 0.6 is 0 Å². The van der Waals surface area contributed by atoms with Gasteiger partial charge in [0.15, 0.2) is 0 Å². The summed E-state index contributed by atoms with van der Waals surface area (Å²) in [6, 6.07) is 14.2. The molecule has 2 N–H and O–H groups in total. The van der Waals surface area contributed by atoms with E-state index in [-0.39, 0.29) is 5.82 Å². The largest absolute Gasteiger partial charge is 0.399 e. The van der Waals surface area contributed by atoms with Gasteiger partial charge in [-0.3, -0.25) is 0 Å². The summed E-state index contributed by atoms with van der Waals surface area (Å²) in [6.07, 6.45) is 1.96. The van der Waals surface area contributed by atoms with E-state index in [9.17, 15) is 4.39 Å². The molecule has 0 fully saturated rings. The molecule has 0 amide bonds. The Hall–Kier alpha value is -2.29. The number of nitrogens with zero attached hydrogens (tertiary/aromatic N) is 1. The zero-order valence-corrected chi connectivity index (χ0v) is 9.10. The van der Waals surface area contributed by atoms with Crippen LogP contribution in [0.1, 0.15) is 0 Å². The Morgan fingerprint density at radius 3 is 2.47 bits per heavy atom. The van der Waals surface area contributed by atoms with Gasteiger partial charge in [-0.15, -0.1) is 0 Å². The summed E-state index contributed by atoms with van der Waals surface area (Å²) >= 11 is 0. The lowest BCUT2D eigenvalue weighted by Gasteiger charge is -2.05. The van der Waals surface area contributed by atoms with E-state index < -0.39 is 0 Å². The molecule has 0 bridgehead atoms. The minimum absolute atomic E-state index is 0.227. The van der Waals surface area contributed by atoms with Crippen LogP contribution in [0.15, 0.2) is 54.7 Å². The number of benzene rings is 2. The van der Waals surface area contributed by atoms with Gasteiger partial charge in [-0.25, -0.2) is 4.39 Å². The highest BCUT2D eigenvalue weighted by Gasteiger charge is 2.03. The summed E-state index contributed by atoms with van der Waals surface area (Å²) < 4.78 is 14.9. The predicted octanol–water partition coefficient (Wildman–Crippen LogP) is 3.35. The van der Waals surface area contributed by atoms with Crippen molar-refractivity contribution in [3.63, 3.8) is 0 Å². The maximum atomic E-state index is 12.9. The van der Waals surface area contributed by atoms with Crippen molar-refractivity contribution in [3.05, 3.63) is 60.5 Å². The molecule has 0 saturated carbocycles. The summed E-state index contributed by atoms with van der Waals surface area (Å²) in [5, 5.41) is 1.08. The van der Waals surface area contributed by atoms with E-state index in [1.807, 2.05) is 35.0 Å². The summed E-state index contributed by atoms with van der Waals surface area (Å²) in [4.78, 5) is 0. The molecule has 0 saturated heterocycles. The highest BCUT2D eigenvalue weighted by molar-refractivity contribution is 5.84. The van der Waals surface area contributed by atoms with Gasteiger partial charge in [0.2, 0.25) is 0 Å². The van der Waals surface area contributed by atoms with Crippen LogP contribution < -0.4 is 5.73 Å². The minimum Gasteiger partial charge on any atom is -0.399 e. The molecule has 3 aromatic rings. The van der Waals surface area contributed by atoms with E-state index >= 15 is 0 Å². The summed E-state index contributed by atoms with van der Waals surface area (Å²) in [6.45, 7) is 0. The molecule has 0 unspecified atom stereocenters. The van der Waals surface area contributed by atoms with Crippen LogP contribution in [0.3, 0.4) is 0 Å². The standard InChI is InChI=1S/C14H11FN2/c15-11-1-4-13(5-2-11)17-8-7-10-9-12(16)3-6-14(10)17/h1-9H,16H2. The minimum atomic E-state index is -0.227. The molecule has 3 heteroatoms. The van der Waals surface area contributed by atoms with Crippen LogP contribution in [0.4, 0.5) is 10.1 Å². The second-order valence-corrected chi connectivity index (χ2v) is 3.98. The Bertz CT molecular complexity index is 668. The molecule has 1 heterocycles. The third-order valence-electron chi connectivity index (χ3n) is 2.82. The lowest BCUT2D eigenvalue weighted by molar-refractivity contribution is 0.627. The fourth-order valence-electron chi connectivity index (χ4n) is 1.99. The number of halogens is 1. The van der Waals surface area contributed by atoms with Gasteiger partial charge < -0.3 is 10.3 Å². The van der Waals surface area contributed by atoms with E-state index in [0.717, 1.165) is 22.3 Å². The van der Waals surface area contributed by atoms with E-state index in [1.54, 1.807) is 12.1 Å². The molecule has 0 spiro atoms. The summed E-state index contributed by atoms with van der Waals surface area (Å²) in [5.41, 5.74) is 8.47. The van der Waals surface area contributed by atoms with Gasteiger partial charge in [0.25, 0.3) is 0 Å². The molecular formula is C14H11FN2. The Morgan fingerprint density at radius 2 is 1.71 bits per heavy atom. The molecule has 0 radical (unpaired) electrons. The van der Waals surface area contributed by atoms with Crippen LogP contribution in [-0.4, -0.2) is 4.57 Å². The summed E-state index contributed by atoms with van der Waals surface area (Å²) in [7, 11) is 0. The normalized spacial score (nSPS) is 10.9. The van der Waals surface area contributed by atoms with E-state index in [4.69, 9.17) is 5.73 Å². The molecule has 1 aromatic heterocycles. The zero-order chi connectivity index (χ0) is 11.8. The lowest BCUT2D eigenvalue weighted by atomic mass is 10.2. The number of anilines is 1. The number of hydrogen-bond acceptors (Lipinski definition) is 1. The first-order valence-corrected chi connectivity index (χ1v) is 5.36. The van der Waals surface area contributed by atoms with Gasteiger partial charge in [-0.1, -0.05) is 0 Å². The van der Waals surface area contributed by atoms with Crippen LogP contribution in [0.5, 0.6) is 0 Å². The average Bonchev–Trinajstić information content (AvgIpc) is 2.73. The number of fused-ring (bicyclic) bond motifs is 1. The Balaban J connectivity index is 2.21. The highest BCUT2D eigenvalue weighted by atomic mass is 19.1. The number of nitrogen functional groups attached to an aromatic ring is 1. The Morgan fingerprint density at radius 1 is 0.941 bits per heavy atom.